The molecule has 0 atom stereocenters. The van der Waals surface area contributed by atoms with Gasteiger partial charge in [-0.05, 0) is 36.8 Å². The van der Waals surface area contributed by atoms with Crippen molar-refractivity contribution in [2.24, 2.45) is 5.10 Å². The predicted molar refractivity (Wildman–Crippen MR) is 88.1 cm³/mol. The first-order valence-electron chi connectivity index (χ1n) is 6.40. The van der Waals surface area contributed by atoms with E-state index in [2.05, 4.69) is 39.7 Å². The van der Waals surface area contributed by atoms with Gasteiger partial charge in [-0.2, -0.15) is 5.10 Å². The van der Waals surface area contributed by atoms with Gasteiger partial charge in [-0.25, -0.2) is 0 Å². The summed E-state index contributed by atoms with van der Waals surface area (Å²) in [6.07, 6.45) is 0. The van der Waals surface area contributed by atoms with Crippen molar-refractivity contribution in [3.63, 3.8) is 0 Å². The monoisotopic (exact) mass is 287 g/mol. The van der Waals surface area contributed by atoms with Crippen molar-refractivity contribution < 1.29 is 0 Å². The maximum Gasteiger partial charge on any atom is 0.0748 e. The number of halogens is 1. The number of rotatable bonds is 4. The number of hydrogen-bond donors (Lipinski definition) is 1. The van der Waals surface area contributed by atoms with Gasteiger partial charge in [0.1, 0.15) is 0 Å². The summed E-state index contributed by atoms with van der Waals surface area (Å²) in [6.45, 7) is 1.97. The third-order valence-corrected chi connectivity index (χ3v) is 3.35. The summed E-state index contributed by atoms with van der Waals surface area (Å²) < 4.78 is 0. The Kier molecular flexibility index (Phi) is 4.64. The fourth-order valence-corrected chi connectivity index (χ4v) is 1.94. The Morgan fingerprint density at radius 2 is 1.70 bits per heavy atom. The largest absolute Gasteiger partial charge is 0.378 e. The molecule has 0 fully saturated rings. The minimum atomic E-state index is 0.659. The summed E-state index contributed by atoms with van der Waals surface area (Å²) in [5, 5.41) is 5.03. The van der Waals surface area contributed by atoms with Gasteiger partial charge in [0.15, 0.2) is 0 Å². The van der Waals surface area contributed by atoms with Gasteiger partial charge in [-0.1, -0.05) is 35.9 Å². The van der Waals surface area contributed by atoms with Gasteiger partial charge in [-0.3, -0.25) is 5.43 Å². The van der Waals surface area contributed by atoms with E-state index >= 15 is 0 Å². The molecule has 2 aromatic rings. The number of nitrogens with one attached hydrogen (secondary N) is 1. The van der Waals surface area contributed by atoms with Gasteiger partial charge in [0.05, 0.1) is 16.4 Å². The summed E-state index contributed by atoms with van der Waals surface area (Å²) in [6, 6.07) is 15.8. The molecule has 20 heavy (non-hydrogen) atoms. The maximum absolute atomic E-state index is 6.07. The van der Waals surface area contributed by atoms with E-state index in [-0.39, 0.29) is 0 Å². The minimum Gasteiger partial charge on any atom is -0.378 e. The number of hydrogen-bond acceptors (Lipinski definition) is 3. The Labute approximate surface area is 124 Å². The molecule has 0 aromatic heterocycles. The van der Waals surface area contributed by atoms with Gasteiger partial charge in [0.2, 0.25) is 0 Å². The van der Waals surface area contributed by atoms with Crippen molar-refractivity contribution in [2.75, 3.05) is 24.4 Å². The summed E-state index contributed by atoms with van der Waals surface area (Å²) in [5.74, 6) is 0. The van der Waals surface area contributed by atoms with Crippen LogP contribution in [-0.2, 0) is 0 Å². The van der Waals surface area contributed by atoms with Gasteiger partial charge in [-0.15, -0.1) is 0 Å². The molecule has 0 heterocycles. The lowest BCUT2D eigenvalue weighted by Crippen LogP contribution is -2.08. The van der Waals surface area contributed by atoms with Crippen LogP contribution in [0.25, 0.3) is 0 Å². The van der Waals surface area contributed by atoms with E-state index in [1.807, 2.05) is 45.3 Å². The summed E-state index contributed by atoms with van der Waals surface area (Å²) >= 11 is 6.07. The zero-order valence-corrected chi connectivity index (χ0v) is 12.6. The average Bonchev–Trinajstić information content (AvgIpc) is 2.46. The Balaban J connectivity index is 2.12. The smallest absolute Gasteiger partial charge is 0.0748 e. The molecule has 1 N–H and O–H groups in total. The molecule has 3 nitrogen and oxygen atoms in total. The van der Waals surface area contributed by atoms with Crippen LogP contribution in [0, 0.1) is 0 Å². The molecule has 2 rings (SSSR count). The number of hydrazone groups is 1. The van der Waals surface area contributed by atoms with Crippen LogP contribution in [0.4, 0.5) is 11.4 Å². The van der Waals surface area contributed by atoms with Crippen LogP contribution in [0.15, 0.2) is 53.6 Å². The fraction of sp³-hybridized carbons (Fsp3) is 0.188. The van der Waals surface area contributed by atoms with Crippen molar-refractivity contribution in [3.8, 4) is 0 Å². The van der Waals surface area contributed by atoms with Crippen LogP contribution in [0.2, 0.25) is 5.02 Å². The molecule has 0 bridgehead atoms. The SMILES string of the molecule is C/C(=N/Nc1ccccc1Cl)c1ccc(N(C)C)cc1. The van der Waals surface area contributed by atoms with Crippen LogP contribution >= 0.6 is 11.6 Å². The molecule has 0 aliphatic heterocycles. The van der Waals surface area contributed by atoms with Crippen molar-refractivity contribution in [3.05, 3.63) is 59.1 Å². The first-order valence-corrected chi connectivity index (χ1v) is 6.78. The Hall–Kier alpha value is -2.00. The van der Waals surface area contributed by atoms with Crippen molar-refractivity contribution >= 4 is 28.7 Å². The predicted octanol–water partition coefficient (Wildman–Crippen LogP) is 4.24. The molecule has 2 aromatic carbocycles. The molecule has 104 valence electrons. The van der Waals surface area contributed by atoms with Crippen molar-refractivity contribution in [1.82, 2.24) is 0 Å². The standard InChI is InChI=1S/C16H18ClN3/c1-12(13-8-10-14(11-9-13)20(2)3)18-19-16-7-5-4-6-15(16)17/h4-11,19H,1-3H3/b18-12-. The molecule has 0 saturated carbocycles. The highest BCUT2D eigenvalue weighted by Gasteiger charge is 2.01. The van der Waals surface area contributed by atoms with E-state index < -0.39 is 0 Å². The second-order valence-electron chi connectivity index (χ2n) is 4.73. The fourth-order valence-electron chi connectivity index (χ4n) is 1.76. The summed E-state index contributed by atoms with van der Waals surface area (Å²) in [5.41, 5.74) is 6.96. The topological polar surface area (TPSA) is 27.6 Å². The molecular weight excluding hydrogens is 270 g/mol. The highest BCUT2D eigenvalue weighted by Crippen LogP contribution is 2.20. The zero-order valence-electron chi connectivity index (χ0n) is 11.9. The Morgan fingerprint density at radius 3 is 2.30 bits per heavy atom. The van der Waals surface area contributed by atoms with E-state index in [1.165, 1.54) is 5.69 Å². The molecule has 0 aliphatic rings. The molecule has 0 radical (unpaired) electrons. The quantitative estimate of drug-likeness (QED) is 0.673. The number of para-hydroxylation sites is 1. The normalized spacial score (nSPS) is 11.3. The number of anilines is 2. The Bertz CT molecular complexity index is 603. The van der Waals surface area contributed by atoms with Gasteiger partial charge in [0.25, 0.3) is 0 Å². The third kappa shape index (κ3) is 3.52. The van der Waals surface area contributed by atoms with E-state index in [9.17, 15) is 0 Å². The molecule has 0 aliphatic carbocycles. The lowest BCUT2D eigenvalue weighted by Gasteiger charge is -2.12. The van der Waals surface area contributed by atoms with Crippen molar-refractivity contribution in [1.29, 1.82) is 0 Å². The van der Waals surface area contributed by atoms with Crippen LogP contribution in [-0.4, -0.2) is 19.8 Å². The van der Waals surface area contributed by atoms with E-state index in [1.54, 1.807) is 0 Å². The molecule has 4 heteroatoms. The van der Waals surface area contributed by atoms with Crippen LogP contribution in [0.5, 0.6) is 0 Å². The second kappa shape index (κ2) is 6.44. The zero-order chi connectivity index (χ0) is 14.5. The van der Waals surface area contributed by atoms with Gasteiger partial charge < -0.3 is 4.90 Å². The number of nitrogens with zero attached hydrogens (tertiary/aromatic N) is 2. The Morgan fingerprint density at radius 1 is 1.05 bits per heavy atom. The maximum atomic E-state index is 6.07. The van der Waals surface area contributed by atoms with E-state index in [0.717, 1.165) is 17.0 Å². The lowest BCUT2D eigenvalue weighted by atomic mass is 10.1. The highest BCUT2D eigenvalue weighted by atomic mass is 35.5. The first-order chi connectivity index (χ1) is 9.58. The molecular formula is C16H18ClN3. The lowest BCUT2D eigenvalue weighted by molar-refractivity contribution is 1.13. The summed E-state index contributed by atoms with van der Waals surface area (Å²) in [7, 11) is 4.05. The van der Waals surface area contributed by atoms with Crippen LogP contribution in [0.3, 0.4) is 0 Å². The van der Waals surface area contributed by atoms with Gasteiger partial charge >= 0.3 is 0 Å². The van der Waals surface area contributed by atoms with Crippen molar-refractivity contribution in [2.45, 2.75) is 6.92 Å². The minimum absolute atomic E-state index is 0.659. The molecule has 0 amide bonds. The van der Waals surface area contributed by atoms with Gasteiger partial charge in [0, 0.05) is 19.8 Å². The number of benzene rings is 2. The summed E-state index contributed by atoms with van der Waals surface area (Å²) in [4.78, 5) is 2.07. The molecule has 0 unspecified atom stereocenters. The highest BCUT2D eigenvalue weighted by molar-refractivity contribution is 6.33. The van der Waals surface area contributed by atoms with E-state index in [0.29, 0.717) is 5.02 Å². The average molecular weight is 288 g/mol. The van der Waals surface area contributed by atoms with Crippen LogP contribution in [0.1, 0.15) is 12.5 Å². The van der Waals surface area contributed by atoms with Crippen LogP contribution < -0.4 is 10.3 Å². The van der Waals surface area contributed by atoms with E-state index in [4.69, 9.17) is 11.6 Å². The third-order valence-electron chi connectivity index (χ3n) is 3.02. The second-order valence-corrected chi connectivity index (χ2v) is 5.14. The first kappa shape index (κ1) is 14.4. The molecule has 0 saturated heterocycles. The molecule has 0 spiro atoms.